The molecule has 3 aromatic carbocycles. The lowest BCUT2D eigenvalue weighted by atomic mass is 10.0. The fourth-order valence-corrected chi connectivity index (χ4v) is 4.43. The molecule has 0 aliphatic carbocycles. The van der Waals surface area contributed by atoms with E-state index >= 15 is 0 Å². The van der Waals surface area contributed by atoms with Crippen molar-refractivity contribution >= 4 is 33.9 Å². The number of nitro groups is 1. The molecule has 8 heteroatoms. The molecule has 0 bridgehead atoms. The third-order valence-electron chi connectivity index (χ3n) is 5.12. The first-order valence-corrected chi connectivity index (χ1v) is 11.4. The van der Waals surface area contributed by atoms with Gasteiger partial charge in [-0.2, -0.15) is 0 Å². The van der Waals surface area contributed by atoms with Crippen molar-refractivity contribution in [3.63, 3.8) is 0 Å². The van der Waals surface area contributed by atoms with E-state index in [2.05, 4.69) is 5.32 Å². The number of amides is 1. The molecule has 0 saturated carbocycles. The van der Waals surface area contributed by atoms with Gasteiger partial charge in [-0.15, -0.1) is 11.3 Å². The molecule has 0 spiro atoms. The number of benzene rings is 3. The maximum atomic E-state index is 12.9. The maximum Gasteiger partial charge on any atom is 0.341 e. The average molecular weight is 473 g/mol. The summed E-state index contributed by atoms with van der Waals surface area (Å²) < 4.78 is 5.20. The second kappa shape index (κ2) is 10.1. The summed E-state index contributed by atoms with van der Waals surface area (Å²) in [5.41, 5.74) is 3.47. The Morgan fingerprint density at radius 1 is 0.941 bits per heavy atom. The van der Waals surface area contributed by atoms with Gasteiger partial charge in [0.2, 0.25) is 0 Å². The van der Waals surface area contributed by atoms with Crippen LogP contribution >= 0.6 is 11.3 Å². The van der Waals surface area contributed by atoms with Crippen LogP contribution in [0.4, 0.5) is 10.7 Å². The van der Waals surface area contributed by atoms with Gasteiger partial charge in [0.05, 0.1) is 11.5 Å². The number of rotatable bonds is 7. The van der Waals surface area contributed by atoms with E-state index in [1.807, 2.05) is 42.5 Å². The van der Waals surface area contributed by atoms with Crippen LogP contribution in [0.5, 0.6) is 0 Å². The topological polar surface area (TPSA) is 98.5 Å². The molecule has 0 aliphatic heterocycles. The fraction of sp³-hybridized carbons (Fsp3) is 0.0769. The van der Waals surface area contributed by atoms with Gasteiger partial charge in [0.25, 0.3) is 11.6 Å². The van der Waals surface area contributed by atoms with Crippen LogP contribution in [0.15, 0.2) is 84.2 Å². The normalized spacial score (nSPS) is 10.5. The average Bonchev–Trinajstić information content (AvgIpc) is 3.28. The zero-order chi connectivity index (χ0) is 24.1. The van der Waals surface area contributed by atoms with Crippen molar-refractivity contribution in [2.75, 3.05) is 11.9 Å². The summed E-state index contributed by atoms with van der Waals surface area (Å²) in [4.78, 5) is 36.4. The van der Waals surface area contributed by atoms with E-state index in [0.29, 0.717) is 21.7 Å². The first-order chi connectivity index (χ1) is 16.5. The summed E-state index contributed by atoms with van der Waals surface area (Å²) >= 11 is 1.16. The molecule has 0 unspecified atom stereocenters. The molecule has 0 atom stereocenters. The minimum atomic E-state index is -0.611. The molecule has 0 radical (unpaired) electrons. The largest absolute Gasteiger partial charge is 0.462 e. The van der Waals surface area contributed by atoms with E-state index in [4.69, 9.17) is 4.74 Å². The van der Waals surface area contributed by atoms with E-state index in [-0.39, 0.29) is 23.8 Å². The van der Waals surface area contributed by atoms with Gasteiger partial charge in [-0.1, -0.05) is 54.6 Å². The highest BCUT2D eigenvalue weighted by atomic mass is 32.1. The lowest BCUT2D eigenvalue weighted by molar-refractivity contribution is -0.384. The number of ether oxygens (including phenoxy) is 1. The molecular weight excluding hydrogens is 452 g/mol. The number of carbonyl (C=O) groups is 2. The van der Waals surface area contributed by atoms with E-state index < -0.39 is 10.9 Å². The van der Waals surface area contributed by atoms with Gasteiger partial charge < -0.3 is 10.1 Å². The molecule has 1 amide bonds. The van der Waals surface area contributed by atoms with Gasteiger partial charge >= 0.3 is 5.97 Å². The Morgan fingerprint density at radius 2 is 1.62 bits per heavy atom. The van der Waals surface area contributed by atoms with Crippen molar-refractivity contribution in [1.29, 1.82) is 0 Å². The van der Waals surface area contributed by atoms with Crippen LogP contribution in [0.3, 0.4) is 0 Å². The van der Waals surface area contributed by atoms with Gasteiger partial charge in [-0.25, -0.2) is 4.79 Å². The van der Waals surface area contributed by atoms with Crippen LogP contribution in [-0.4, -0.2) is 23.4 Å². The predicted octanol–water partition coefficient (Wildman–Crippen LogP) is 6.42. The molecule has 0 saturated heterocycles. The van der Waals surface area contributed by atoms with E-state index in [9.17, 15) is 19.7 Å². The number of hydrogen-bond donors (Lipinski definition) is 1. The Morgan fingerprint density at radius 3 is 2.29 bits per heavy atom. The Balaban J connectivity index is 1.64. The minimum absolute atomic E-state index is 0.0948. The molecule has 34 heavy (non-hydrogen) atoms. The van der Waals surface area contributed by atoms with Crippen molar-refractivity contribution in [3.8, 4) is 22.3 Å². The second-order valence-electron chi connectivity index (χ2n) is 7.28. The molecule has 4 rings (SSSR count). The summed E-state index contributed by atoms with van der Waals surface area (Å²) in [6, 6.07) is 23.0. The van der Waals surface area contributed by atoms with Crippen LogP contribution in [0, 0.1) is 10.1 Å². The van der Waals surface area contributed by atoms with Gasteiger partial charge in [0, 0.05) is 28.6 Å². The number of non-ortho nitro benzene ring substituents is 1. The number of nitrogens with one attached hydrogen (secondary N) is 1. The Bertz CT molecular complexity index is 1350. The maximum absolute atomic E-state index is 12.9. The number of carbonyl (C=O) groups excluding carboxylic acids is 2. The Hall–Kier alpha value is -4.30. The SMILES string of the molecule is CCOC(=O)c1c(-c2cccc([N+](=O)[O-])c2)csc1NC(=O)c1ccc(-c2ccccc2)cc1. The third kappa shape index (κ3) is 4.87. The highest BCUT2D eigenvalue weighted by Crippen LogP contribution is 2.37. The molecule has 1 aromatic heterocycles. The number of nitro benzene ring substituents is 1. The third-order valence-corrected chi connectivity index (χ3v) is 6.02. The van der Waals surface area contributed by atoms with Gasteiger partial charge in [0.15, 0.2) is 0 Å². The number of esters is 1. The van der Waals surface area contributed by atoms with Crippen LogP contribution in [0.2, 0.25) is 0 Å². The van der Waals surface area contributed by atoms with E-state index in [0.717, 1.165) is 22.5 Å². The lowest BCUT2D eigenvalue weighted by Crippen LogP contribution is -2.14. The zero-order valence-corrected chi connectivity index (χ0v) is 19.0. The fourth-order valence-electron chi connectivity index (χ4n) is 3.48. The second-order valence-corrected chi connectivity index (χ2v) is 8.16. The Labute approximate surface area is 199 Å². The molecule has 170 valence electrons. The molecule has 1 N–H and O–H groups in total. The smallest absolute Gasteiger partial charge is 0.341 e. The van der Waals surface area contributed by atoms with Crippen molar-refractivity contribution in [3.05, 3.63) is 105 Å². The molecule has 0 fully saturated rings. The van der Waals surface area contributed by atoms with Crippen molar-refractivity contribution in [2.45, 2.75) is 6.92 Å². The van der Waals surface area contributed by atoms with Crippen LogP contribution in [0.1, 0.15) is 27.6 Å². The first kappa shape index (κ1) is 22.9. The quantitative estimate of drug-likeness (QED) is 0.190. The summed E-state index contributed by atoms with van der Waals surface area (Å²) in [6.45, 7) is 1.83. The summed E-state index contributed by atoms with van der Waals surface area (Å²) in [7, 11) is 0. The summed E-state index contributed by atoms with van der Waals surface area (Å²) in [5, 5.41) is 16.0. The van der Waals surface area contributed by atoms with Crippen molar-refractivity contribution < 1.29 is 19.2 Å². The summed E-state index contributed by atoms with van der Waals surface area (Å²) in [5.74, 6) is -0.988. The number of thiophene rings is 1. The predicted molar refractivity (Wildman–Crippen MR) is 132 cm³/mol. The summed E-state index contributed by atoms with van der Waals surface area (Å²) in [6.07, 6.45) is 0. The monoisotopic (exact) mass is 472 g/mol. The molecule has 4 aromatic rings. The van der Waals surface area contributed by atoms with Crippen molar-refractivity contribution in [1.82, 2.24) is 0 Å². The van der Waals surface area contributed by atoms with Crippen LogP contribution in [0.25, 0.3) is 22.3 Å². The standard InChI is InChI=1S/C26H20N2O5S/c1-2-33-26(30)23-22(20-9-6-10-21(15-20)28(31)32)16-34-25(23)27-24(29)19-13-11-18(12-14-19)17-7-4-3-5-8-17/h3-16H,2H2,1H3,(H,27,29). The lowest BCUT2D eigenvalue weighted by Gasteiger charge is -2.09. The number of hydrogen-bond acceptors (Lipinski definition) is 6. The molecular formula is C26H20N2O5S. The highest BCUT2D eigenvalue weighted by Gasteiger charge is 2.24. The molecule has 0 aliphatic rings. The van der Waals surface area contributed by atoms with E-state index in [1.165, 1.54) is 12.1 Å². The molecule has 1 heterocycles. The van der Waals surface area contributed by atoms with Crippen LogP contribution in [-0.2, 0) is 4.74 Å². The van der Waals surface area contributed by atoms with Crippen LogP contribution < -0.4 is 5.32 Å². The van der Waals surface area contributed by atoms with Gasteiger partial charge in [-0.05, 0) is 35.7 Å². The molecule has 7 nitrogen and oxygen atoms in total. The minimum Gasteiger partial charge on any atom is -0.462 e. The van der Waals surface area contributed by atoms with Gasteiger partial charge in [-0.3, -0.25) is 14.9 Å². The highest BCUT2D eigenvalue weighted by molar-refractivity contribution is 7.15. The van der Waals surface area contributed by atoms with Gasteiger partial charge in [0.1, 0.15) is 10.6 Å². The first-order valence-electron chi connectivity index (χ1n) is 10.5. The zero-order valence-electron chi connectivity index (χ0n) is 18.2. The number of anilines is 1. The Kier molecular flexibility index (Phi) is 6.79. The van der Waals surface area contributed by atoms with E-state index in [1.54, 1.807) is 36.6 Å². The van der Waals surface area contributed by atoms with Crippen molar-refractivity contribution in [2.24, 2.45) is 0 Å². The number of nitrogens with zero attached hydrogens (tertiary/aromatic N) is 1.